The van der Waals surface area contributed by atoms with Gasteiger partial charge in [0.2, 0.25) is 0 Å². The van der Waals surface area contributed by atoms with Crippen LogP contribution in [0.5, 0.6) is 5.75 Å². The molecule has 0 saturated heterocycles. The van der Waals surface area contributed by atoms with Gasteiger partial charge in [0.1, 0.15) is 5.75 Å². The number of anilines is 1. The molecule has 0 bridgehead atoms. The van der Waals surface area contributed by atoms with Crippen molar-refractivity contribution in [2.24, 2.45) is 0 Å². The number of aromatic hydroxyl groups is 1. The summed E-state index contributed by atoms with van der Waals surface area (Å²) in [5.74, 6) is 0.654. The third-order valence-corrected chi connectivity index (χ3v) is 3.13. The van der Waals surface area contributed by atoms with E-state index in [1.807, 2.05) is 30.3 Å². The van der Waals surface area contributed by atoms with Crippen molar-refractivity contribution in [3.05, 3.63) is 59.1 Å². The van der Waals surface area contributed by atoms with Gasteiger partial charge >= 0.3 is 0 Å². The van der Waals surface area contributed by atoms with Crippen LogP contribution in [0.15, 0.2) is 48.5 Å². The summed E-state index contributed by atoms with van der Waals surface area (Å²) in [5.41, 5.74) is 2.22. The molecule has 3 heteroatoms. The molecular formula is C15H16ClNO. The lowest BCUT2D eigenvalue weighted by atomic mass is 10.0. The third kappa shape index (κ3) is 3.41. The molecule has 0 aliphatic rings. The minimum Gasteiger partial charge on any atom is -0.508 e. The Hall–Kier alpha value is -1.67. The van der Waals surface area contributed by atoms with E-state index in [0.29, 0.717) is 5.92 Å². The van der Waals surface area contributed by atoms with E-state index >= 15 is 0 Å². The molecule has 94 valence electrons. The van der Waals surface area contributed by atoms with Crippen molar-refractivity contribution in [2.45, 2.75) is 12.8 Å². The highest BCUT2D eigenvalue weighted by Gasteiger charge is 2.05. The van der Waals surface area contributed by atoms with Crippen molar-refractivity contribution in [2.75, 3.05) is 11.9 Å². The summed E-state index contributed by atoms with van der Waals surface area (Å²) in [6.45, 7) is 2.98. The van der Waals surface area contributed by atoms with Crippen LogP contribution in [0.1, 0.15) is 18.4 Å². The Labute approximate surface area is 112 Å². The first-order valence-electron chi connectivity index (χ1n) is 5.93. The quantitative estimate of drug-likeness (QED) is 0.806. The molecule has 1 atom stereocenters. The number of rotatable bonds is 4. The molecule has 0 aliphatic heterocycles. The van der Waals surface area contributed by atoms with Gasteiger partial charge in [-0.1, -0.05) is 30.7 Å². The smallest absolute Gasteiger partial charge is 0.115 e. The Kier molecular flexibility index (Phi) is 4.11. The lowest BCUT2D eigenvalue weighted by molar-refractivity contribution is 0.475. The average Bonchev–Trinajstić information content (AvgIpc) is 2.38. The Bertz CT molecular complexity index is 510. The van der Waals surface area contributed by atoms with E-state index in [4.69, 9.17) is 11.6 Å². The lowest BCUT2D eigenvalue weighted by Gasteiger charge is -2.14. The standard InChI is InChI=1S/C15H16ClNO/c1-11(12-3-2-4-13(16)9-12)10-17-14-5-7-15(18)8-6-14/h2-9,11,17-18H,10H2,1H3/t11-/m1/s1. The maximum absolute atomic E-state index is 9.20. The molecular weight excluding hydrogens is 246 g/mol. The number of halogens is 1. The minimum atomic E-state index is 0.281. The molecule has 2 aromatic rings. The summed E-state index contributed by atoms with van der Waals surface area (Å²) in [7, 11) is 0. The highest BCUT2D eigenvalue weighted by atomic mass is 35.5. The molecule has 0 fully saturated rings. The molecule has 0 spiro atoms. The van der Waals surface area contributed by atoms with Crippen LogP contribution in [0, 0.1) is 0 Å². The monoisotopic (exact) mass is 261 g/mol. The van der Waals surface area contributed by atoms with Crippen LogP contribution >= 0.6 is 11.6 Å². The fourth-order valence-corrected chi connectivity index (χ4v) is 1.98. The van der Waals surface area contributed by atoms with Crippen molar-refractivity contribution in [1.29, 1.82) is 0 Å². The first kappa shape index (κ1) is 12.8. The van der Waals surface area contributed by atoms with Crippen LogP contribution in [0.2, 0.25) is 5.02 Å². The number of phenolic OH excluding ortho intramolecular Hbond substituents is 1. The number of nitrogens with one attached hydrogen (secondary N) is 1. The van der Waals surface area contributed by atoms with Crippen LogP contribution in [-0.2, 0) is 0 Å². The summed E-state index contributed by atoms with van der Waals surface area (Å²) < 4.78 is 0. The number of hydrogen-bond donors (Lipinski definition) is 2. The molecule has 2 aromatic carbocycles. The van der Waals surface area contributed by atoms with Gasteiger partial charge in [-0.3, -0.25) is 0 Å². The average molecular weight is 262 g/mol. The molecule has 2 N–H and O–H groups in total. The third-order valence-electron chi connectivity index (χ3n) is 2.90. The van der Waals surface area contributed by atoms with Crippen molar-refractivity contribution in [1.82, 2.24) is 0 Å². The van der Waals surface area contributed by atoms with E-state index in [-0.39, 0.29) is 5.75 Å². The molecule has 0 amide bonds. The van der Waals surface area contributed by atoms with Crippen molar-refractivity contribution in [3.8, 4) is 5.75 Å². The van der Waals surface area contributed by atoms with Crippen LogP contribution in [0.25, 0.3) is 0 Å². The van der Waals surface area contributed by atoms with E-state index in [1.165, 1.54) is 5.56 Å². The Morgan fingerprint density at radius 1 is 1.17 bits per heavy atom. The summed E-state index contributed by atoms with van der Waals surface area (Å²) in [6.07, 6.45) is 0. The zero-order chi connectivity index (χ0) is 13.0. The fourth-order valence-electron chi connectivity index (χ4n) is 1.78. The van der Waals surface area contributed by atoms with Gasteiger partial charge in [-0.2, -0.15) is 0 Å². The van der Waals surface area contributed by atoms with Gasteiger partial charge in [0.05, 0.1) is 0 Å². The predicted octanol–water partition coefficient (Wildman–Crippen LogP) is 4.26. The van der Waals surface area contributed by atoms with Gasteiger partial charge < -0.3 is 10.4 Å². The number of benzene rings is 2. The van der Waals surface area contributed by atoms with Crippen LogP contribution in [0.3, 0.4) is 0 Å². The normalized spacial score (nSPS) is 12.1. The van der Waals surface area contributed by atoms with E-state index in [1.54, 1.807) is 12.1 Å². The van der Waals surface area contributed by atoms with Gasteiger partial charge in [0.25, 0.3) is 0 Å². The van der Waals surface area contributed by atoms with Gasteiger partial charge in [-0.15, -0.1) is 0 Å². The van der Waals surface area contributed by atoms with E-state index in [0.717, 1.165) is 17.3 Å². The van der Waals surface area contributed by atoms with Gasteiger partial charge in [-0.05, 0) is 47.9 Å². The second kappa shape index (κ2) is 5.78. The molecule has 0 radical (unpaired) electrons. The number of hydrogen-bond acceptors (Lipinski definition) is 2. The maximum atomic E-state index is 9.20. The second-order valence-electron chi connectivity index (χ2n) is 4.38. The SMILES string of the molecule is C[C@H](CNc1ccc(O)cc1)c1cccc(Cl)c1. The molecule has 0 aromatic heterocycles. The molecule has 18 heavy (non-hydrogen) atoms. The summed E-state index contributed by atoms with van der Waals surface area (Å²) >= 11 is 5.98. The molecule has 0 aliphatic carbocycles. The van der Waals surface area contributed by atoms with Gasteiger partial charge in [0.15, 0.2) is 0 Å². The zero-order valence-corrected chi connectivity index (χ0v) is 11.0. The van der Waals surface area contributed by atoms with Crippen molar-refractivity contribution < 1.29 is 5.11 Å². The molecule has 2 nitrogen and oxygen atoms in total. The molecule has 0 saturated carbocycles. The Balaban J connectivity index is 1.96. The van der Waals surface area contributed by atoms with Gasteiger partial charge in [0, 0.05) is 17.3 Å². The molecule has 2 rings (SSSR count). The Morgan fingerprint density at radius 3 is 2.56 bits per heavy atom. The van der Waals surface area contributed by atoms with Crippen LogP contribution in [0.4, 0.5) is 5.69 Å². The predicted molar refractivity (Wildman–Crippen MR) is 76.5 cm³/mol. The lowest BCUT2D eigenvalue weighted by Crippen LogP contribution is -2.09. The van der Waals surface area contributed by atoms with E-state index < -0.39 is 0 Å². The highest BCUT2D eigenvalue weighted by Crippen LogP contribution is 2.20. The van der Waals surface area contributed by atoms with Crippen molar-refractivity contribution >= 4 is 17.3 Å². The molecule has 0 heterocycles. The van der Waals surface area contributed by atoms with E-state index in [9.17, 15) is 5.11 Å². The topological polar surface area (TPSA) is 32.3 Å². The Morgan fingerprint density at radius 2 is 1.89 bits per heavy atom. The summed E-state index contributed by atoms with van der Waals surface area (Å²) in [4.78, 5) is 0. The first-order valence-corrected chi connectivity index (χ1v) is 6.31. The second-order valence-corrected chi connectivity index (χ2v) is 4.82. The van der Waals surface area contributed by atoms with E-state index in [2.05, 4.69) is 18.3 Å². The highest BCUT2D eigenvalue weighted by molar-refractivity contribution is 6.30. The maximum Gasteiger partial charge on any atom is 0.115 e. The van der Waals surface area contributed by atoms with Crippen LogP contribution in [-0.4, -0.2) is 11.7 Å². The fraction of sp³-hybridized carbons (Fsp3) is 0.200. The minimum absolute atomic E-state index is 0.281. The summed E-state index contributed by atoms with van der Waals surface area (Å²) in [6, 6.07) is 15.0. The largest absolute Gasteiger partial charge is 0.508 e. The van der Waals surface area contributed by atoms with Crippen molar-refractivity contribution in [3.63, 3.8) is 0 Å². The van der Waals surface area contributed by atoms with Gasteiger partial charge in [-0.25, -0.2) is 0 Å². The molecule has 0 unspecified atom stereocenters. The zero-order valence-electron chi connectivity index (χ0n) is 10.2. The summed E-state index contributed by atoms with van der Waals surface area (Å²) in [5, 5.41) is 13.3. The number of phenols is 1. The van der Waals surface area contributed by atoms with Crippen LogP contribution < -0.4 is 5.32 Å². The first-order chi connectivity index (χ1) is 8.65.